The van der Waals surface area contributed by atoms with Crippen molar-refractivity contribution in [1.29, 1.82) is 0 Å². The molecule has 0 rings (SSSR count). The second-order valence-electron chi connectivity index (χ2n) is 24.8. The number of hydrogen-bond acceptors (Lipinski definition) is 8. The van der Waals surface area contributed by atoms with Crippen molar-refractivity contribution < 1.29 is 37.6 Å². The van der Waals surface area contributed by atoms with E-state index in [1.807, 2.05) is 0 Å². The third kappa shape index (κ3) is 73.6. The number of carbonyl (C=O) groups is 2. The molecule has 10 heteroatoms. The van der Waals surface area contributed by atoms with Crippen LogP contribution in [0.5, 0.6) is 0 Å². The van der Waals surface area contributed by atoms with Gasteiger partial charge in [-0.3, -0.25) is 18.6 Å². The van der Waals surface area contributed by atoms with Gasteiger partial charge in [-0.2, -0.15) is 0 Å². The Balaban J connectivity index is 3.84. The quantitative estimate of drug-likeness (QED) is 0.0264. The molecular formula is C79H140NO8P. The lowest BCUT2D eigenvalue weighted by Crippen LogP contribution is -2.29. The minimum Gasteiger partial charge on any atom is -0.462 e. The summed E-state index contributed by atoms with van der Waals surface area (Å²) in [5.41, 5.74) is 5.41. The summed E-state index contributed by atoms with van der Waals surface area (Å²) < 4.78 is 33.2. The van der Waals surface area contributed by atoms with Crippen molar-refractivity contribution in [2.75, 3.05) is 26.4 Å². The molecule has 0 heterocycles. The van der Waals surface area contributed by atoms with Crippen LogP contribution in [0.15, 0.2) is 109 Å². The molecule has 9 nitrogen and oxygen atoms in total. The maximum atomic E-state index is 12.8. The summed E-state index contributed by atoms with van der Waals surface area (Å²) in [4.78, 5) is 35.4. The number of hydrogen-bond donors (Lipinski definition) is 2. The van der Waals surface area contributed by atoms with Gasteiger partial charge < -0.3 is 20.1 Å². The van der Waals surface area contributed by atoms with Crippen LogP contribution in [0.2, 0.25) is 0 Å². The lowest BCUT2D eigenvalue weighted by molar-refractivity contribution is -0.161. The van der Waals surface area contributed by atoms with Gasteiger partial charge in [-0.1, -0.05) is 342 Å². The van der Waals surface area contributed by atoms with Crippen molar-refractivity contribution in [3.05, 3.63) is 109 Å². The SMILES string of the molecule is CC/C=C\C/C=C\C/C=C\C/C=C\C/C=C\C/C=C\C/C=C\C/C=C\CCCCCCCCCCCCCCCCCCC(=O)OC(COC(=O)CCCCCCCCCCCCCCCCC/C=C\CCCCCCCCCC)COP(=O)(O)OCCN. The van der Waals surface area contributed by atoms with Crippen LogP contribution in [0, 0.1) is 0 Å². The smallest absolute Gasteiger partial charge is 0.462 e. The van der Waals surface area contributed by atoms with Crippen LogP contribution in [-0.4, -0.2) is 49.3 Å². The summed E-state index contributed by atoms with van der Waals surface area (Å²) in [5.74, 6) is -0.815. The number of esters is 2. The van der Waals surface area contributed by atoms with E-state index in [9.17, 15) is 19.0 Å². The highest BCUT2D eigenvalue weighted by atomic mass is 31.2. The Morgan fingerprint density at radius 2 is 0.618 bits per heavy atom. The molecule has 0 spiro atoms. The maximum Gasteiger partial charge on any atom is 0.472 e. The van der Waals surface area contributed by atoms with Crippen molar-refractivity contribution in [3.8, 4) is 0 Å². The van der Waals surface area contributed by atoms with Crippen molar-refractivity contribution in [3.63, 3.8) is 0 Å². The van der Waals surface area contributed by atoms with Crippen LogP contribution >= 0.6 is 7.82 Å². The summed E-state index contributed by atoms with van der Waals surface area (Å²) in [6.45, 7) is 3.67. The first-order valence-electron chi connectivity index (χ1n) is 37.4. The minimum absolute atomic E-state index is 0.0519. The Hall–Kier alpha value is -3.33. The molecule has 2 atom stereocenters. The van der Waals surface area contributed by atoms with Gasteiger partial charge in [-0.15, -0.1) is 0 Å². The summed E-state index contributed by atoms with van der Waals surface area (Å²) in [6.07, 6.45) is 102. The standard InChI is InChI=1S/C79H140NO8P/c1-3-5-7-9-11-13-15-17-19-21-23-25-27-29-31-32-33-34-35-36-37-38-39-40-41-42-43-44-46-48-50-52-54-56-58-60-62-64-66-68-70-72-79(82)88-77(76-87-89(83,84)86-74-73-80)75-85-78(81)71-69-67-65-63-61-59-57-55-53-51-49-47-45-30-28-26-24-22-20-18-16-14-12-10-8-6-4-2/h5,7,11,13,17,19,22-25,29,31,33-34,36-37,39-40,77H,3-4,6,8-10,12,14-16,18,20-21,26-28,30,32,35,38,41-76,80H2,1-2H3,(H,83,84)/b7-5-,13-11-,19-17-,24-22-,25-23-,31-29-,34-33-,37-36-,40-39-. The molecule has 0 radical (unpaired) electrons. The third-order valence-corrected chi connectivity index (χ3v) is 17.1. The van der Waals surface area contributed by atoms with Crippen LogP contribution in [-0.2, 0) is 32.7 Å². The fourth-order valence-corrected chi connectivity index (χ4v) is 11.4. The number of phosphoric acid groups is 1. The average molecular weight is 1260 g/mol. The number of rotatable bonds is 70. The van der Waals surface area contributed by atoms with Crippen LogP contribution in [0.1, 0.15) is 348 Å². The zero-order valence-electron chi connectivity index (χ0n) is 57.9. The topological polar surface area (TPSA) is 134 Å². The molecule has 514 valence electrons. The first kappa shape index (κ1) is 85.7. The lowest BCUT2D eigenvalue weighted by atomic mass is 10.0. The first-order valence-corrected chi connectivity index (χ1v) is 38.9. The molecule has 0 aromatic carbocycles. The number of nitrogens with two attached hydrogens (primary N) is 1. The van der Waals surface area contributed by atoms with E-state index in [1.165, 1.54) is 225 Å². The van der Waals surface area contributed by atoms with Gasteiger partial charge in [0, 0.05) is 19.4 Å². The Labute approximate surface area is 549 Å². The number of phosphoric ester groups is 1. The molecule has 0 saturated heterocycles. The monoisotopic (exact) mass is 1260 g/mol. The number of ether oxygens (including phenoxy) is 2. The van der Waals surface area contributed by atoms with Crippen molar-refractivity contribution >= 4 is 19.8 Å². The number of allylic oxidation sites excluding steroid dienone is 18. The third-order valence-electron chi connectivity index (χ3n) is 16.1. The van der Waals surface area contributed by atoms with Gasteiger partial charge in [-0.05, 0) is 103 Å². The fraction of sp³-hybridized carbons (Fsp3) is 0.747. The fourth-order valence-electron chi connectivity index (χ4n) is 10.7. The summed E-state index contributed by atoms with van der Waals surface area (Å²) in [6, 6.07) is 0. The second kappa shape index (κ2) is 73.7. The summed E-state index contributed by atoms with van der Waals surface area (Å²) in [7, 11) is -4.40. The summed E-state index contributed by atoms with van der Waals surface area (Å²) in [5, 5.41) is 0. The van der Waals surface area contributed by atoms with E-state index >= 15 is 0 Å². The molecular weight excluding hydrogens is 1120 g/mol. The van der Waals surface area contributed by atoms with Gasteiger partial charge in [0.2, 0.25) is 0 Å². The zero-order valence-corrected chi connectivity index (χ0v) is 58.8. The molecule has 0 bridgehead atoms. The largest absolute Gasteiger partial charge is 0.472 e. The molecule has 3 N–H and O–H groups in total. The molecule has 0 fully saturated rings. The molecule has 0 aliphatic rings. The highest BCUT2D eigenvalue weighted by Crippen LogP contribution is 2.43. The Morgan fingerprint density at radius 1 is 0.348 bits per heavy atom. The average Bonchev–Trinajstić information content (AvgIpc) is 3.58. The molecule has 0 aliphatic carbocycles. The van der Waals surface area contributed by atoms with Crippen LogP contribution in [0.25, 0.3) is 0 Å². The normalized spacial score (nSPS) is 13.5. The predicted octanol–water partition coefficient (Wildman–Crippen LogP) is 24.9. The van der Waals surface area contributed by atoms with Gasteiger partial charge in [0.25, 0.3) is 0 Å². The van der Waals surface area contributed by atoms with E-state index < -0.39 is 26.5 Å². The molecule has 89 heavy (non-hydrogen) atoms. The van der Waals surface area contributed by atoms with Gasteiger partial charge in [-0.25, -0.2) is 4.57 Å². The van der Waals surface area contributed by atoms with Crippen LogP contribution in [0.4, 0.5) is 0 Å². The molecule has 0 aromatic heterocycles. The van der Waals surface area contributed by atoms with Gasteiger partial charge in [0.1, 0.15) is 6.61 Å². The van der Waals surface area contributed by atoms with E-state index in [2.05, 4.69) is 123 Å². The van der Waals surface area contributed by atoms with Gasteiger partial charge in [0.05, 0.1) is 13.2 Å². The van der Waals surface area contributed by atoms with E-state index in [0.29, 0.717) is 6.42 Å². The van der Waals surface area contributed by atoms with Gasteiger partial charge >= 0.3 is 19.8 Å². The van der Waals surface area contributed by atoms with E-state index in [-0.39, 0.29) is 38.6 Å². The van der Waals surface area contributed by atoms with Crippen molar-refractivity contribution in [1.82, 2.24) is 0 Å². The molecule has 2 unspecified atom stereocenters. The Morgan fingerprint density at radius 3 is 0.933 bits per heavy atom. The number of carbonyl (C=O) groups excluding carboxylic acids is 2. The van der Waals surface area contributed by atoms with Crippen molar-refractivity contribution in [2.24, 2.45) is 5.73 Å². The number of unbranched alkanes of at least 4 members (excludes halogenated alkanes) is 39. The molecule has 0 saturated carbocycles. The van der Waals surface area contributed by atoms with E-state index in [0.717, 1.165) is 89.9 Å². The molecule has 0 aliphatic heterocycles. The highest BCUT2D eigenvalue weighted by molar-refractivity contribution is 7.47. The minimum atomic E-state index is -4.40. The lowest BCUT2D eigenvalue weighted by Gasteiger charge is -2.19. The Kier molecular flexibility index (Phi) is 71.0. The second-order valence-corrected chi connectivity index (χ2v) is 26.2. The van der Waals surface area contributed by atoms with E-state index in [1.54, 1.807) is 0 Å². The maximum absolute atomic E-state index is 12.8. The molecule has 0 amide bonds. The highest BCUT2D eigenvalue weighted by Gasteiger charge is 2.26. The van der Waals surface area contributed by atoms with Gasteiger partial charge in [0.15, 0.2) is 6.10 Å². The first-order chi connectivity index (χ1) is 43.8. The van der Waals surface area contributed by atoms with E-state index in [4.69, 9.17) is 24.3 Å². The molecule has 0 aromatic rings. The van der Waals surface area contributed by atoms with Crippen molar-refractivity contribution in [2.45, 2.75) is 354 Å². The Bertz CT molecular complexity index is 1830. The zero-order chi connectivity index (χ0) is 64.4. The van der Waals surface area contributed by atoms with Crippen LogP contribution in [0.3, 0.4) is 0 Å². The van der Waals surface area contributed by atoms with Crippen LogP contribution < -0.4 is 5.73 Å². The predicted molar refractivity (Wildman–Crippen MR) is 385 cm³/mol. The summed E-state index contributed by atoms with van der Waals surface area (Å²) >= 11 is 0.